The Morgan fingerprint density at radius 1 is 1.40 bits per heavy atom. The molecule has 80 valence electrons. The lowest BCUT2D eigenvalue weighted by Gasteiger charge is -2.18. The van der Waals surface area contributed by atoms with Gasteiger partial charge < -0.3 is 5.73 Å². The van der Waals surface area contributed by atoms with Gasteiger partial charge >= 0.3 is 0 Å². The minimum atomic E-state index is 0.0858. The van der Waals surface area contributed by atoms with E-state index in [2.05, 4.69) is 30.9 Å². The summed E-state index contributed by atoms with van der Waals surface area (Å²) in [7, 11) is 0. The molecule has 0 unspecified atom stereocenters. The van der Waals surface area contributed by atoms with E-state index in [1.54, 1.807) is 10.6 Å². The second-order valence-corrected chi connectivity index (χ2v) is 4.42. The molecule has 4 heteroatoms. The summed E-state index contributed by atoms with van der Waals surface area (Å²) in [6.07, 6.45) is 3.00. The fraction of sp³-hybridized carbons (Fsp3) is 0.455. The molecule has 0 aliphatic rings. The molecule has 0 spiro atoms. The number of aromatic nitrogens is 3. The predicted molar refractivity (Wildman–Crippen MR) is 60.7 cm³/mol. The zero-order valence-corrected chi connectivity index (χ0v) is 9.36. The van der Waals surface area contributed by atoms with Gasteiger partial charge in [0.2, 0.25) is 0 Å². The quantitative estimate of drug-likeness (QED) is 0.814. The summed E-state index contributed by atoms with van der Waals surface area (Å²) in [4.78, 5) is 4.54. The topological polar surface area (TPSA) is 56.2 Å². The van der Waals surface area contributed by atoms with E-state index in [4.69, 9.17) is 5.73 Å². The molecule has 2 heterocycles. The Morgan fingerprint density at radius 2 is 2.13 bits per heavy atom. The second-order valence-electron chi connectivity index (χ2n) is 4.42. The van der Waals surface area contributed by atoms with E-state index < -0.39 is 0 Å². The van der Waals surface area contributed by atoms with Crippen LogP contribution in [0.3, 0.4) is 0 Å². The lowest BCUT2D eigenvalue weighted by Crippen LogP contribution is -2.15. The Labute approximate surface area is 89.1 Å². The van der Waals surface area contributed by atoms with Gasteiger partial charge in [-0.2, -0.15) is 0 Å². The highest BCUT2D eigenvalue weighted by atomic mass is 15.3. The normalized spacial score (nSPS) is 12.2. The first-order valence-corrected chi connectivity index (χ1v) is 5.15. The number of nitrogens with zero attached hydrogens (tertiary/aromatic N) is 3. The first-order chi connectivity index (χ1) is 7.03. The minimum absolute atomic E-state index is 0.0858. The fourth-order valence-corrected chi connectivity index (χ4v) is 1.40. The molecule has 0 saturated carbocycles. The van der Waals surface area contributed by atoms with Crippen molar-refractivity contribution in [2.45, 2.75) is 32.6 Å². The maximum Gasteiger partial charge on any atom is 0.153 e. The van der Waals surface area contributed by atoms with Crippen molar-refractivity contribution in [3.8, 4) is 0 Å². The molecule has 2 aromatic heterocycles. The molecule has 4 nitrogen and oxygen atoms in total. The average Bonchev–Trinajstić information content (AvgIpc) is 2.61. The summed E-state index contributed by atoms with van der Waals surface area (Å²) in [5, 5.41) is 4.18. The zero-order valence-electron chi connectivity index (χ0n) is 9.36. The van der Waals surface area contributed by atoms with Crippen LogP contribution in [0, 0.1) is 0 Å². The smallest absolute Gasteiger partial charge is 0.153 e. The summed E-state index contributed by atoms with van der Waals surface area (Å²) in [6, 6.07) is 3.66. The van der Waals surface area contributed by atoms with Crippen LogP contribution in [0.2, 0.25) is 0 Å². The van der Waals surface area contributed by atoms with Crippen LogP contribution in [0.5, 0.6) is 0 Å². The van der Waals surface area contributed by atoms with E-state index >= 15 is 0 Å². The maximum absolute atomic E-state index is 5.61. The first kappa shape index (κ1) is 9.96. The molecule has 15 heavy (non-hydrogen) atoms. The molecule has 2 rings (SSSR count). The lowest BCUT2D eigenvalue weighted by atomic mass is 9.87. The van der Waals surface area contributed by atoms with Crippen LogP contribution in [-0.2, 0) is 5.41 Å². The van der Waals surface area contributed by atoms with Crippen molar-refractivity contribution in [1.82, 2.24) is 14.6 Å². The van der Waals surface area contributed by atoms with Crippen LogP contribution < -0.4 is 5.73 Å². The standard InChI is InChI=1S/C11H16N4/c1-4-11(2,3)8-7-15-10(13-8)6-5-9(12)14-15/h5-7H,4H2,1-3H3,(H2,12,14). The summed E-state index contributed by atoms with van der Waals surface area (Å²) >= 11 is 0. The van der Waals surface area contributed by atoms with Crippen LogP contribution in [0.1, 0.15) is 32.9 Å². The van der Waals surface area contributed by atoms with Gasteiger partial charge in [0, 0.05) is 5.41 Å². The lowest BCUT2D eigenvalue weighted by molar-refractivity contribution is 0.493. The van der Waals surface area contributed by atoms with Gasteiger partial charge in [0.05, 0.1) is 11.9 Å². The SMILES string of the molecule is CCC(C)(C)c1cn2nc(N)ccc2n1. The van der Waals surface area contributed by atoms with E-state index in [1.165, 1.54) is 0 Å². The number of anilines is 1. The number of rotatable bonds is 2. The molecule has 0 aromatic carbocycles. The van der Waals surface area contributed by atoms with Gasteiger partial charge in [0.1, 0.15) is 5.82 Å². The highest BCUT2D eigenvalue weighted by Crippen LogP contribution is 2.25. The van der Waals surface area contributed by atoms with E-state index in [0.29, 0.717) is 5.82 Å². The largest absolute Gasteiger partial charge is 0.382 e. The van der Waals surface area contributed by atoms with E-state index in [1.807, 2.05) is 12.3 Å². The van der Waals surface area contributed by atoms with Gasteiger partial charge in [-0.25, -0.2) is 9.50 Å². The molecule has 0 amide bonds. The summed E-state index contributed by atoms with van der Waals surface area (Å²) in [5.41, 5.74) is 7.61. The van der Waals surface area contributed by atoms with E-state index in [0.717, 1.165) is 17.8 Å². The molecule has 0 aliphatic heterocycles. The molecule has 0 fully saturated rings. The number of nitrogen functional groups attached to an aromatic ring is 1. The summed E-state index contributed by atoms with van der Waals surface area (Å²) in [5.74, 6) is 0.515. The molecule has 0 radical (unpaired) electrons. The average molecular weight is 204 g/mol. The fourth-order valence-electron chi connectivity index (χ4n) is 1.40. The van der Waals surface area contributed by atoms with Gasteiger partial charge in [-0.1, -0.05) is 20.8 Å². The van der Waals surface area contributed by atoms with Crippen molar-refractivity contribution in [3.63, 3.8) is 0 Å². The first-order valence-electron chi connectivity index (χ1n) is 5.15. The second kappa shape index (κ2) is 3.22. The Morgan fingerprint density at radius 3 is 2.80 bits per heavy atom. The molecular formula is C11H16N4. The third-order valence-electron chi connectivity index (χ3n) is 2.92. The molecule has 2 aromatic rings. The van der Waals surface area contributed by atoms with Gasteiger partial charge in [0.25, 0.3) is 0 Å². The van der Waals surface area contributed by atoms with Crippen molar-refractivity contribution in [2.75, 3.05) is 5.73 Å². The predicted octanol–water partition coefficient (Wildman–Crippen LogP) is 2.00. The van der Waals surface area contributed by atoms with Crippen molar-refractivity contribution in [1.29, 1.82) is 0 Å². The minimum Gasteiger partial charge on any atom is -0.382 e. The van der Waals surface area contributed by atoms with Gasteiger partial charge in [-0.15, -0.1) is 5.10 Å². The third kappa shape index (κ3) is 1.67. The molecule has 0 saturated heterocycles. The molecule has 2 N–H and O–H groups in total. The van der Waals surface area contributed by atoms with Crippen molar-refractivity contribution < 1.29 is 0 Å². The van der Waals surface area contributed by atoms with Gasteiger partial charge in [0.15, 0.2) is 5.65 Å². The Hall–Kier alpha value is -1.58. The van der Waals surface area contributed by atoms with Crippen LogP contribution in [0.15, 0.2) is 18.3 Å². The van der Waals surface area contributed by atoms with E-state index in [-0.39, 0.29) is 5.41 Å². The number of nitrogens with two attached hydrogens (primary N) is 1. The monoisotopic (exact) mass is 204 g/mol. The number of hydrogen-bond acceptors (Lipinski definition) is 3. The van der Waals surface area contributed by atoms with Crippen molar-refractivity contribution in [3.05, 3.63) is 24.0 Å². The van der Waals surface area contributed by atoms with Crippen molar-refractivity contribution in [2.24, 2.45) is 0 Å². The Bertz CT molecular complexity index is 484. The van der Waals surface area contributed by atoms with E-state index in [9.17, 15) is 0 Å². The molecule has 0 aliphatic carbocycles. The van der Waals surface area contributed by atoms with Crippen LogP contribution in [-0.4, -0.2) is 14.6 Å². The van der Waals surface area contributed by atoms with Gasteiger partial charge in [-0.05, 0) is 18.6 Å². The van der Waals surface area contributed by atoms with Crippen LogP contribution in [0.4, 0.5) is 5.82 Å². The number of hydrogen-bond donors (Lipinski definition) is 1. The van der Waals surface area contributed by atoms with Crippen LogP contribution >= 0.6 is 0 Å². The van der Waals surface area contributed by atoms with Crippen LogP contribution in [0.25, 0.3) is 5.65 Å². The summed E-state index contributed by atoms with van der Waals surface area (Å²) in [6.45, 7) is 6.52. The zero-order chi connectivity index (χ0) is 11.1. The summed E-state index contributed by atoms with van der Waals surface area (Å²) < 4.78 is 1.74. The third-order valence-corrected chi connectivity index (χ3v) is 2.92. The highest BCUT2D eigenvalue weighted by molar-refractivity contribution is 5.43. The number of fused-ring (bicyclic) bond motifs is 1. The molecule has 0 atom stereocenters. The maximum atomic E-state index is 5.61. The Kier molecular flexibility index (Phi) is 2.14. The Balaban J connectivity index is 2.56. The molecular weight excluding hydrogens is 188 g/mol. The van der Waals surface area contributed by atoms with Gasteiger partial charge in [-0.3, -0.25) is 0 Å². The highest BCUT2D eigenvalue weighted by Gasteiger charge is 2.21. The van der Waals surface area contributed by atoms with Crippen molar-refractivity contribution >= 4 is 11.5 Å². The number of imidazole rings is 1. The molecule has 0 bridgehead atoms.